The van der Waals surface area contributed by atoms with E-state index in [0.29, 0.717) is 13.2 Å². The van der Waals surface area contributed by atoms with Crippen LogP contribution in [0.25, 0.3) is 21.9 Å². The molecule has 0 heterocycles. The summed E-state index contributed by atoms with van der Waals surface area (Å²) in [5.74, 6) is -2.00. The summed E-state index contributed by atoms with van der Waals surface area (Å²) in [6, 6.07) is 27.6. The van der Waals surface area contributed by atoms with Gasteiger partial charge in [-0.3, -0.25) is 9.59 Å². The van der Waals surface area contributed by atoms with Gasteiger partial charge in [-0.2, -0.15) is 0 Å². The Morgan fingerprint density at radius 1 is 0.826 bits per heavy atom. The highest BCUT2D eigenvalue weighted by Crippen LogP contribution is 2.44. The van der Waals surface area contributed by atoms with Crippen LogP contribution in [0.5, 0.6) is 0 Å². The highest BCUT2D eigenvalue weighted by molar-refractivity contribution is 5.91. The molecule has 1 aliphatic rings. The molecular weight excluding hydrogens is 584 g/mol. The first-order valence-corrected chi connectivity index (χ1v) is 15.7. The summed E-state index contributed by atoms with van der Waals surface area (Å²) in [4.78, 5) is 41.0. The Bertz CT molecular complexity index is 1630. The van der Waals surface area contributed by atoms with E-state index in [9.17, 15) is 19.5 Å². The lowest BCUT2D eigenvalue weighted by molar-refractivity contribution is -0.180. The summed E-state index contributed by atoms with van der Waals surface area (Å²) < 4.78 is 17.4. The number of benzene rings is 4. The van der Waals surface area contributed by atoms with Crippen molar-refractivity contribution >= 4 is 28.7 Å². The van der Waals surface area contributed by atoms with Crippen LogP contribution in [0.2, 0.25) is 0 Å². The third-order valence-electron chi connectivity index (χ3n) is 8.36. The first kappa shape index (κ1) is 32.7. The van der Waals surface area contributed by atoms with Gasteiger partial charge in [-0.05, 0) is 59.4 Å². The molecule has 2 amide bonds. The van der Waals surface area contributed by atoms with Crippen LogP contribution in [0.3, 0.4) is 0 Å². The van der Waals surface area contributed by atoms with Crippen molar-refractivity contribution in [2.45, 2.75) is 58.0 Å². The summed E-state index contributed by atoms with van der Waals surface area (Å²) in [6.45, 7) is 6.33. The Hall–Kier alpha value is -4.73. The smallest absolute Gasteiger partial charge is 0.407 e. The van der Waals surface area contributed by atoms with Crippen molar-refractivity contribution in [2.24, 2.45) is 0 Å². The van der Waals surface area contributed by atoms with Gasteiger partial charge in [-0.1, -0.05) is 91.0 Å². The van der Waals surface area contributed by atoms with Gasteiger partial charge < -0.3 is 29.5 Å². The lowest BCUT2D eigenvalue weighted by Gasteiger charge is -2.36. The second-order valence-corrected chi connectivity index (χ2v) is 11.2. The Morgan fingerprint density at radius 3 is 2.04 bits per heavy atom. The SMILES string of the molecule is CCOC(OCC)C(C)N(Cc1cccc2ccccc12)C(=O)C(CC(=O)O)NC(=O)OCC1c2ccccc2-c2ccccc21. The molecule has 0 saturated carbocycles. The molecule has 0 radical (unpaired) electrons. The van der Waals surface area contributed by atoms with Gasteiger partial charge >= 0.3 is 12.1 Å². The predicted molar refractivity (Wildman–Crippen MR) is 175 cm³/mol. The van der Waals surface area contributed by atoms with Gasteiger partial charge in [0.15, 0.2) is 6.29 Å². The lowest BCUT2D eigenvalue weighted by Crippen LogP contribution is -2.55. The Labute approximate surface area is 269 Å². The van der Waals surface area contributed by atoms with E-state index in [1.165, 1.54) is 4.90 Å². The summed E-state index contributed by atoms with van der Waals surface area (Å²) in [5, 5.41) is 14.3. The minimum Gasteiger partial charge on any atom is -0.481 e. The van der Waals surface area contributed by atoms with E-state index in [1.807, 2.05) is 105 Å². The molecule has 9 heteroatoms. The largest absolute Gasteiger partial charge is 0.481 e. The number of ether oxygens (including phenoxy) is 3. The molecule has 2 unspecified atom stereocenters. The molecule has 0 saturated heterocycles. The van der Waals surface area contributed by atoms with Crippen molar-refractivity contribution in [1.82, 2.24) is 10.2 Å². The van der Waals surface area contributed by atoms with E-state index >= 15 is 0 Å². The van der Waals surface area contributed by atoms with Crippen LogP contribution in [0.15, 0.2) is 91.0 Å². The number of nitrogens with zero attached hydrogens (tertiary/aromatic N) is 1. The van der Waals surface area contributed by atoms with Crippen molar-refractivity contribution in [3.05, 3.63) is 108 Å². The molecule has 9 nitrogen and oxygen atoms in total. The van der Waals surface area contributed by atoms with Crippen LogP contribution in [0.4, 0.5) is 4.79 Å². The number of carbonyl (C=O) groups is 3. The fourth-order valence-electron chi connectivity index (χ4n) is 6.20. The van der Waals surface area contributed by atoms with E-state index in [4.69, 9.17) is 14.2 Å². The topological polar surface area (TPSA) is 114 Å². The third-order valence-corrected chi connectivity index (χ3v) is 8.36. The molecule has 0 aromatic heterocycles. The second-order valence-electron chi connectivity index (χ2n) is 11.2. The van der Waals surface area contributed by atoms with E-state index in [1.54, 1.807) is 6.92 Å². The molecule has 0 fully saturated rings. The average Bonchev–Trinajstić information content (AvgIpc) is 3.38. The number of hydrogen-bond donors (Lipinski definition) is 2. The van der Waals surface area contributed by atoms with Crippen molar-refractivity contribution < 1.29 is 33.7 Å². The molecule has 46 heavy (non-hydrogen) atoms. The van der Waals surface area contributed by atoms with Crippen LogP contribution in [0.1, 0.15) is 49.8 Å². The van der Waals surface area contributed by atoms with Crippen LogP contribution in [0, 0.1) is 0 Å². The number of carboxylic acid groups (broad SMARTS) is 1. The quantitative estimate of drug-likeness (QED) is 0.157. The monoisotopic (exact) mass is 624 g/mol. The zero-order chi connectivity index (χ0) is 32.6. The van der Waals surface area contributed by atoms with Gasteiger partial charge in [-0.25, -0.2) is 4.79 Å². The molecule has 1 aliphatic carbocycles. The number of carboxylic acids is 1. The van der Waals surface area contributed by atoms with Crippen LogP contribution in [-0.2, 0) is 30.3 Å². The van der Waals surface area contributed by atoms with Gasteiger partial charge in [-0.15, -0.1) is 0 Å². The molecular formula is C37H40N2O7. The van der Waals surface area contributed by atoms with Crippen molar-refractivity contribution in [2.75, 3.05) is 19.8 Å². The maximum absolute atomic E-state index is 14.3. The van der Waals surface area contributed by atoms with E-state index in [-0.39, 0.29) is 19.1 Å². The zero-order valence-electron chi connectivity index (χ0n) is 26.3. The summed E-state index contributed by atoms with van der Waals surface area (Å²) in [6.07, 6.45) is -2.27. The molecule has 2 atom stereocenters. The maximum atomic E-state index is 14.3. The molecule has 4 aromatic rings. The number of amides is 2. The van der Waals surface area contributed by atoms with E-state index < -0.39 is 42.8 Å². The van der Waals surface area contributed by atoms with Crippen LogP contribution >= 0.6 is 0 Å². The Morgan fingerprint density at radius 2 is 1.41 bits per heavy atom. The zero-order valence-corrected chi connectivity index (χ0v) is 26.3. The van der Waals surface area contributed by atoms with Gasteiger partial charge in [0.25, 0.3) is 0 Å². The molecule has 5 rings (SSSR count). The number of fused-ring (bicyclic) bond motifs is 4. The fourth-order valence-corrected chi connectivity index (χ4v) is 6.20. The number of rotatable bonds is 14. The molecule has 0 aliphatic heterocycles. The van der Waals surface area contributed by atoms with Crippen molar-refractivity contribution in [3.8, 4) is 11.1 Å². The Balaban J connectivity index is 1.39. The van der Waals surface area contributed by atoms with E-state index in [2.05, 4.69) is 5.32 Å². The minimum absolute atomic E-state index is 0.0285. The molecule has 4 aromatic carbocycles. The highest BCUT2D eigenvalue weighted by atomic mass is 16.7. The lowest BCUT2D eigenvalue weighted by atomic mass is 9.98. The summed E-state index contributed by atoms with van der Waals surface area (Å²) in [7, 11) is 0. The molecule has 240 valence electrons. The fraction of sp³-hybridized carbons (Fsp3) is 0.324. The standard InChI is InChI=1S/C37H40N2O7/c1-4-44-36(45-5-2)24(3)39(22-26-15-12-14-25-13-6-7-16-27(25)26)35(42)33(21-34(40)41)38-37(43)46-23-32-30-19-10-8-17-28(30)29-18-9-11-20-31(29)32/h6-20,24,32-33,36H,4-5,21-23H2,1-3H3,(H,38,43)(H,40,41). The summed E-state index contributed by atoms with van der Waals surface area (Å²) in [5.41, 5.74) is 5.12. The maximum Gasteiger partial charge on any atom is 0.407 e. The number of aliphatic carboxylic acids is 1. The van der Waals surface area contributed by atoms with Crippen LogP contribution < -0.4 is 5.32 Å². The van der Waals surface area contributed by atoms with Gasteiger partial charge in [0.1, 0.15) is 12.6 Å². The van der Waals surface area contributed by atoms with Crippen LogP contribution in [-0.4, -0.2) is 66.2 Å². The third kappa shape index (κ3) is 7.22. The highest BCUT2D eigenvalue weighted by Gasteiger charge is 2.36. The second kappa shape index (κ2) is 15.0. The number of nitrogens with one attached hydrogen (secondary N) is 1. The van der Waals surface area contributed by atoms with E-state index in [0.717, 1.165) is 38.6 Å². The number of alkyl carbamates (subject to hydrolysis) is 1. The van der Waals surface area contributed by atoms with Gasteiger partial charge in [0.2, 0.25) is 5.91 Å². The molecule has 0 bridgehead atoms. The normalized spacial score (nSPS) is 13.6. The average molecular weight is 625 g/mol. The molecule has 2 N–H and O–H groups in total. The van der Waals surface area contributed by atoms with Gasteiger partial charge in [0, 0.05) is 25.7 Å². The number of hydrogen-bond acceptors (Lipinski definition) is 6. The predicted octanol–water partition coefficient (Wildman–Crippen LogP) is 6.34. The van der Waals surface area contributed by atoms with Gasteiger partial charge in [0.05, 0.1) is 12.5 Å². The molecule has 0 spiro atoms. The first-order valence-electron chi connectivity index (χ1n) is 15.7. The van der Waals surface area contributed by atoms with Crippen molar-refractivity contribution in [3.63, 3.8) is 0 Å². The number of carbonyl (C=O) groups excluding carboxylic acids is 2. The first-order chi connectivity index (χ1) is 22.3. The minimum atomic E-state index is -1.39. The summed E-state index contributed by atoms with van der Waals surface area (Å²) >= 11 is 0. The van der Waals surface area contributed by atoms with Crippen molar-refractivity contribution in [1.29, 1.82) is 0 Å². The Kier molecular flexibility index (Phi) is 10.7.